The molecule has 9 nitrogen and oxygen atoms in total. The number of H-pyrrole nitrogens is 1. The molecule has 170 valence electrons. The van der Waals surface area contributed by atoms with Crippen molar-refractivity contribution in [3.05, 3.63) is 66.5 Å². The smallest absolute Gasteiger partial charge is 0.281 e. The van der Waals surface area contributed by atoms with Crippen LogP contribution < -0.4 is 4.31 Å². The van der Waals surface area contributed by atoms with E-state index in [0.29, 0.717) is 24.3 Å². The van der Waals surface area contributed by atoms with Gasteiger partial charge in [0.2, 0.25) is 0 Å². The highest BCUT2D eigenvalue weighted by Crippen LogP contribution is 2.34. The predicted molar refractivity (Wildman–Crippen MR) is 129 cm³/mol. The molecule has 1 aliphatic rings. The van der Waals surface area contributed by atoms with Crippen molar-refractivity contribution < 1.29 is 18.6 Å². The molecule has 0 amide bonds. The van der Waals surface area contributed by atoms with E-state index < -0.39 is 10.0 Å². The Labute approximate surface area is 194 Å². The number of aromatic hydroxyl groups is 2. The molecule has 3 aromatic heterocycles. The van der Waals surface area contributed by atoms with E-state index in [1.165, 1.54) is 40.3 Å². The lowest BCUT2D eigenvalue weighted by molar-refractivity contribution is 0.367. The number of aromatic nitrogens is 3. The van der Waals surface area contributed by atoms with Crippen LogP contribution in [0.5, 0.6) is 11.8 Å². The van der Waals surface area contributed by atoms with Gasteiger partial charge in [-0.2, -0.15) is 8.42 Å². The lowest BCUT2D eigenvalue weighted by Gasteiger charge is -2.19. The molecule has 0 fully saturated rings. The largest absolute Gasteiger partial charge is 0.494 e. The number of hydrogen-bond donors (Lipinski definition) is 3. The molecule has 5 rings (SSSR count). The topological polar surface area (TPSA) is 124 Å². The quantitative estimate of drug-likeness (QED) is 0.387. The van der Waals surface area contributed by atoms with E-state index in [1.54, 1.807) is 30.0 Å². The zero-order valence-electron chi connectivity index (χ0n) is 17.6. The number of anilines is 1. The van der Waals surface area contributed by atoms with Crippen molar-refractivity contribution >= 4 is 43.4 Å². The third-order valence-electron chi connectivity index (χ3n) is 5.50. The molecule has 11 heteroatoms. The number of pyridine rings is 1. The fraction of sp³-hybridized carbons (Fsp3) is 0.182. The van der Waals surface area contributed by atoms with E-state index in [-0.39, 0.29) is 22.0 Å². The van der Waals surface area contributed by atoms with Crippen molar-refractivity contribution in [1.82, 2.24) is 14.5 Å². The second kappa shape index (κ2) is 8.16. The first kappa shape index (κ1) is 21.4. The highest BCUT2D eigenvalue weighted by atomic mass is 32.2. The van der Waals surface area contributed by atoms with Gasteiger partial charge < -0.3 is 15.2 Å². The Morgan fingerprint density at radius 2 is 1.94 bits per heavy atom. The second-order valence-electron chi connectivity index (χ2n) is 7.61. The normalized spacial score (nSPS) is 16.3. The minimum Gasteiger partial charge on any atom is -0.494 e. The molecule has 1 aliphatic heterocycles. The van der Waals surface area contributed by atoms with E-state index in [1.807, 2.05) is 18.2 Å². The molecule has 3 N–H and O–H groups in total. The Kier molecular flexibility index (Phi) is 5.29. The molecular formula is C22H21N5O4S2. The average molecular weight is 484 g/mol. The van der Waals surface area contributed by atoms with Crippen LogP contribution in [0.1, 0.15) is 5.69 Å². The Morgan fingerprint density at radius 3 is 2.67 bits per heavy atom. The molecule has 0 radical (unpaired) electrons. The summed E-state index contributed by atoms with van der Waals surface area (Å²) in [6, 6.07) is 15.1. The van der Waals surface area contributed by atoms with Crippen LogP contribution in [-0.4, -0.2) is 57.1 Å². The highest BCUT2D eigenvalue weighted by molar-refractivity contribution is 8.15. The van der Waals surface area contributed by atoms with Crippen LogP contribution in [-0.2, 0) is 16.6 Å². The number of thioether (sulfide) groups is 1. The summed E-state index contributed by atoms with van der Waals surface area (Å²) in [6.07, 6.45) is 1.45. The third kappa shape index (κ3) is 3.83. The number of benzene rings is 1. The van der Waals surface area contributed by atoms with Gasteiger partial charge in [-0.3, -0.25) is 13.9 Å². The number of para-hydroxylation sites is 1. The van der Waals surface area contributed by atoms with Gasteiger partial charge >= 0.3 is 0 Å². The van der Waals surface area contributed by atoms with Crippen LogP contribution in [0.3, 0.4) is 0 Å². The zero-order chi connectivity index (χ0) is 23.2. The van der Waals surface area contributed by atoms with Gasteiger partial charge in [0, 0.05) is 42.6 Å². The molecule has 0 bridgehead atoms. The number of rotatable bonds is 6. The molecule has 4 aromatic rings. The molecule has 0 aliphatic carbocycles. The van der Waals surface area contributed by atoms with Gasteiger partial charge in [0.05, 0.1) is 23.4 Å². The highest BCUT2D eigenvalue weighted by Gasteiger charge is 2.27. The molecule has 1 unspecified atom stereocenters. The Balaban J connectivity index is 1.42. The molecule has 4 heterocycles. The lowest BCUT2D eigenvalue weighted by Crippen LogP contribution is -2.27. The van der Waals surface area contributed by atoms with Gasteiger partial charge in [0.25, 0.3) is 10.0 Å². The van der Waals surface area contributed by atoms with Gasteiger partial charge in [0.15, 0.2) is 16.8 Å². The van der Waals surface area contributed by atoms with E-state index in [0.717, 1.165) is 16.1 Å². The number of fused-ring (bicyclic) bond motifs is 1. The third-order valence-corrected chi connectivity index (χ3v) is 8.40. The second-order valence-corrected chi connectivity index (χ2v) is 10.8. The van der Waals surface area contributed by atoms with Crippen molar-refractivity contribution in [3.63, 3.8) is 0 Å². The van der Waals surface area contributed by atoms with Crippen molar-refractivity contribution in [2.75, 3.05) is 17.9 Å². The molecule has 0 saturated carbocycles. The maximum Gasteiger partial charge on any atom is 0.281 e. The number of aliphatic imine (C=N–C) groups is 1. The first-order chi connectivity index (χ1) is 15.8. The SMILES string of the molecule is CN(c1cccc2cc(C3=NCC(Cn4c(O)ccc4O)S3)[nH]c12)S(=O)(=O)c1ccccn1. The maximum absolute atomic E-state index is 13.1. The fourth-order valence-electron chi connectivity index (χ4n) is 3.79. The monoisotopic (exact) mass is 483 g/mol. The Morgan fingerprint density at radius 1 is 1.15 bits per heavy atom. The van der Waals surface area contributed by atoms with Gasteiger partial charge in [0.1, 0.15) is 5.04 Å². The van der Waals surface area contributed by atoms with Crippen LogP contribution in [0.2, 0.25) is 0 Å². The molecule has 1 atom stereocenters. The van der Waals surface area contributed by atoms with Crippen molar-refractivity contribution in [3.8, 4) is 11.8 Å². The lowest BCUT2D eigenvalue weighted by atomic mass is 10.2. The summed E-state index contributed by atoms with van der Waals surface area (Å²) in [7, 11) is -2.32. The van der Waals surface area contributed by atoms with Gasteiger partial charge in [-0.25, -0.2) is 4.98 Å². The summed E-state index contributed by atoms with van der Waals surface area (Å²) in [4.78, 5) is 11.9. The van der Waals surface area contributed by atoms with E-state index in [2.05, 4.69) is 15.0 Å². The van der Waals surface area contributed by atoms with E-state index >= 15 is 0 Å². The number of aromatic amines is 1. The number of hydrogen-bond acceptors (Lipinski definition) is 7. The maximum atomic E-state index is 13.1. The summed E-state index contributed by atoms with van der Waals surface area (Å²) in [5.74, 6) is 0.0166. The molecular weight excluding hydrogens is 462 g/mol. The van der Waals surface area contributed by atoms with Crippen LogP contribution in [0.15, 0.2) is 70.8 Å². The molecule has 1 aromatic carbocycles. The van der Waals surface area contributed by atoms with Crippen LogP contribution in [0.25, 0.3) is 10.9 Å². The zero-order valence-corrected chi connectivity index (χ0v) is 19.2. The van der Waals surface area contributed by atoms with Crippen LogP contribution in [0.4, 0.5) is 5.69 Å². The van der Waals surface area contributed by atoms with Gasteiger partial charge in [-0.1, -0.05) is 30.0 Å². The predicted octanol–water partition coefficient (Wildman–Crippen LogP) is 3.16. The minimum atomic E-state index is -3.82. The number of nitrogens with one attached hydrogen (secondary N) is 1. The van der Waals surface area contributed by atoms with Crippen LogP contribution in [0, 0.1) is 0 Å². The van der Waals surface area contributed by atoms with Gasteiger partial charge in [-0.15, -0.1) is 0 Å². The Hall–Kier alpha value is -3.44. The van der Waals surface area contributed by atoms with Gasteiger partial charge in [-0.05, 0) is 24.3 Å². The summed E-state index contributed by atoms with van der Waals surface area (Å²) in [6.45, 7) is 0.951. The molecule has 0 spiro atoms. The summed E-state index contributed by atoms with van der Waals surface area (Å²) in [5.41, 5.74) is 1.98. The van der Waals surface area contributed by atoms with Crippen LogP contribution >= 0.6 is 11.8 Å². The first-order valence-electron chi connectivity index (χ1n) is 10.2. The van der Waals surface area contributed by atoms with Crippen molar-refractivity contribution in [2.24, 2.45) is 4.99 Å². The minimum absolute atomic E-state index is 0.00829. The molecule has 33 heavy (non-hydrogen) atoms. The fourth-order valence-corrected chi connectivity index (χ4v) is 6.00. The van der Waals surface area contributed by atoms with Crippen molar-refractivity contribution in [1.29, 1.82) is 0 Å². The number of nitrogens with zero attached hydrogens (tertiary/aromatic N) is 4. The average Bonchev–Trinajstić information content (AvgIpc) is 3.54. The summed E-state index contributed by atoms with van der Waals surface area (Å²) in [5, 5.41) is 21.5. The van der Waals surface area contributed by atoms with E-state index in [4.69, 9.17) is 0 Å². The first-order valence-corrected chi connectivity index (χ1v) is 12.5. The van der Waals surface area contributed by atoms with Crippen molar-refractivity contribution in [2.45, 2.75) is 16.8 Å². The molecule has 0 saturated heterocycles. The summed E-state index contributed by atoms with van der Waals surface area (Å²) < 4.78 is 28.8. The summed E-state index contributed by atoms with van der Waals surface area (Å²) >= 11 is 1.55. The number of sulfonamides is 1. The Bertz CT molecular complexity index is 1440. The standard InChI is InChI=1S/C22H21N5O4S2/c1-26(33(30,31)18-7-2-3-10-23-18)17-6-4-5-14-11-16(25-21(14)17)22-24-12-15(32-22)13-27-19(28)8-9-20(27)29/h2-11,15,25,28-29H,12-13H2,1H3. The van der Waals surface area contributed by atoms with E-state index in [9.17, 15) is 18.6 Å².